The second-order valence-corrected chi connectivity index (χ2v) is 9.79. The molecule has 2 aromatic carbocycles. The molecule has 0 saturated heterocycles. The summed E-state index contributed by atoms with van der Waals surface area (Å²) in [6.07, 6.45) is 1.18. The molecule has 1 N–H and O–H groups in total. The maximum Gasteiger partial charge on any atom is 0.338 e. The van der Waals surface area contributed by atoms with Crippen molar-refractivity contribution < 1.29 is 27.9 Å². The van der Waals surface area contributed by atoms with Crippen molar-refractivity contribution in [2.75, 3.05) is 20.0 Å². The van der Waals surface area contributed by atoms with Crippen LogP contribution >= 0.6 is 23.2 Å². The Morgan fingerprint density at radius 3 is 2.00 bits per heavy atom. The Kier molecular flexibility index (Phi) is 9.20. The Morgan fingerprint density at radius 1 is 1.00 bits per heavy atom. The molecule has 0 heterocycles. The van der Waals surface area contributed by atoms with Crippen molar-refractivity contribution in [1.29, 1.82) is 0 Å². The Morgan fingerprint density at radius 2 is 1.56 bits per heavy atom. The summed E-state index contributed by atoms with van der Waals surface area (Å²) in [7, 11) is 0. The lowest BCUT2D eigenvalue weighted by molar-refractivity contribution is 0.00687. The van der Waals surface area contributed by atoms with E-state index in [1.54, 1.807) is 33.8 Å². The van der Waals surface area contributed by atoms with E-state index in [0.717, 1.165) is 0 Å². The van der Waals surface area contributed by atoms with Gasteiger partial charge in [0, 0.05) is 15.6 Å². The van der Waals surface area contributed by atoms with Crippen LogP contribution in [0.5, 0.6) is 0 Å². The van der Waals surface area contributed by atoms with Crippen molar-refractivity contribution in [3.63, 3.8) is 0 Å². The van der Waals surface area contributed by atoms with Gasteiger partial charge in [-0.2, -0.15) is 0 Å². The summed E-state index contributed by atoms with van der Waals surface area (Å²) < 4.78 is 47.4. The third kappa shape index (κ3) is 6.54. The monoisotopic (exact) mass is 515 g/mol. The van der Waals surface area contributed by atoms with Gasteiger partial charge in [-0.3, -0.25) is 0 Å². The van der Waals surface area contributed by atoms with Crippen LogP contribution in [0.4, 0.5) is 13.2 Å². The number of hydrogen-bond acceptors (Lipinski definition) is 4. The molecule has 184 valence electrons. The van der Waals surface area contributed by atoms with Gasteiger partial charge in [0.05, 0.1) is 11.0 Å². The van der Waals surface area contributed by atoms with Crippen LogP contribution in [0, 0.1) is 12.3 Å². The number of allylic oxidation sites excluding steroid dienone is 2. The highest BCUT2D eigenvalue weighted by atomic mass is 35.5. The van der Waals surface area contributed by atoms with Crippen LogP contribution in [0.3, 0.4) is 0 Å². The molecule has 0 unspecified atom stereocenters. The van der Waals surface area contributed by atoms with E-state index in [1.807, 2.05) is 0 Å². The van der Waals surface area contributed by atoms with Gasteiger partial charge in [0.1, 0.15) is 31.3 Å². The van der Waals surface area contributed by atoms with Crippen LogP contribution in [-0.2, 0) is 4.74 Å². The molecule has 4 nitrogen and oxygen atoms in total. The van der Waals surface area contributed by atoms with Gasteiger partial charge < -0.3 is 9.94 Å². The topological polar surface area (TPSA) is 58.9 Å². The third-order valence-electron chi connectivity index (χ3n) is 5.04. The van der Waals surface area contributed by atoms with Crippen LogP contribution in [0.25, 0.3) is 5.57 Å². The number of alkyl halides is 3. The van der Waals surface area contributed by atoms with E-state index in [-0.39, 0.29) is 26.9 Å². The smallest absolute Gasteiger partial charge is 0.338 e. The lowest BCUT2D eigenvalue weighted by atomic mass is 9.78. The van der Waals surface area contributed by atoms with Gasteiger partial charge in [0.2, 0.25) is 0 Å². The summed E-state index contributed by atoms with van der Waals surface area (Å²) in [5.74, 6) is -0.532. The maximum absolute atomic E-state index is 14.0. The molecule has 0 radical (unpaired) electrons. The first-order chi connectivity index (χ1) is 15.9. The van der Waals surface area contributed by atoms with Gasteiger partial charge in [-0.1, -0.05) is 34.4 Å². The highest BCUT2D eigenvalue weighted by Gasteiger charge is 2.37. The van der Waals surface area contributed by atoms with Crippen molar-refractivity contribution in [2.45, 2.75) is 33.3 Å². The van der Waals surface area contributed by atoms with E-state index in [0.29, 0.717) is 16.7 Å². The van der Waals surface area contributed by atoms with Crippen molar-refractivity contribution >= 4 is 40.5 Å². The van der Waals surface area contributed by atoms with Crippen LogP contribution < -0.4 is 0 Å². The summed E-state index contributed by atoms with van der Waals surface area (Å²) in [5, 5.41) is 13.3. The molecule has 0 aliphatic carbocycles. The maximum atomic E-state index is 14.0. The highest BCUT2D eigenvalue weighted by Crippen LogP contribution is 2.39. The van der Waals surface area contributed by atoms with E-state index in [1.165, 1.54) is 36.4 Å². The molecule has 0 aliphatic heterocycles. The second-order valence-electron chi connectivity index (χ2n) is 8.91. The molecule has 0 saturated carbocycles. The average molecular weight is 516 g/mol. The largest absolute Gasteiger partial charge is 0.456 e. The summed E-state index contributed by atoms with van der Waals surface area (Å²) in [6, 6.07) is 8.73. The Balaban J connectivity index is 2.63. The minimum absolute atomic E-state index is 0.107. The zero-order valence-electron chi connectivity index (χ0n) is 19.3. The molecule has 0 bridgehead atoms. The van der Waals surface area contributed by atoms with E-state index in [2.05, 4.69) is 5.16 Å². The first-order valence-corrected chi connectivity index (χ1v) is 11.1. The van der Waals surface area contributed by atoms with Gasteiger partial charge in [0.25, 0.3) is 0 Å². The number of aryl methyl sites for hydroxylation is 1. The summed E-state index contributed by atoms with van der Waals surface area (Å²) in [4.78, 5) is 12.4. The van der Waals surface area contributed by atoms with Crippen LogP contribution in [0.2, 0.25) is 10.0 Å². The average Bonchev–Trinajstić information content (AvgIpc) is 2.75. The van der Waals surface area contributed by atoms with Crippen molar-refractivity contribution in [3.8, 4) is 0 Å². The summed E-state index contributed by atoms with van der Waals surface area (Å²) >= 11 is 12.1. The number of carbonyl (C=O) groups excluding carboxylic acids is 1. The number of hydrogen-bond donors (Lipinski definition) is 1. The van der Waals surface area contributed by atoms with Gasteiger partial charge in [-0.15, -0.1) is 0 Å². The van der Waals surface area contributed by atoms with Crippen LogP contribution in [0.1, 0.15) is 47.8 Å². The minimum atomic E-state index is -2.16. The zero-order valence-corrected chi connectivity index (χ0v) is 20.8. The molecule has 0 aromatic heterocycles. The highest BCUT2D eigenvalue weighted by molar-refractivity contribution is 6.35. The fourth-order valence-electron chi connectivity index (χ4n) is 3.27. The van der Waals surface area contributed by atoms with Crippen LogP contribution in [0.15, 0.2) is 47.6 Å². The Hall–Kier alpha value is -2.51. The van der Waals surface area contributed by atoms with Crippen molar-refractivity contribution in [1.82, 2.24) is 0 Å². The number of esters is 1. The SMILES string of the molecule is Cc1cc(C(/C=C(\c2cc(Cl)cc(Cl)c2)C(CF)(CF)CF)=N\O)ccc1C(=O)OC(C)(C)C. The number of oxime groups is 1. The molecule has 9 heteroatoms. The van der Waals surface area contributed by atoms with E-state index < -0.39 is 37.0 Å². The fourth-order valence-corrected chi connectivity index (χ4v) is 3.79. The van der Waals surface area contributed by atoms with E-state index in [4.69, 9.17) is 27.9 Å². The molecule has 34 heavy (non-hydrogen) atoms. The number of rotatable bonds is 8. The quantitative estimate of drug-likeness (QED) is 0.172. The molecule has 0 fully saturated rings. The number of carbonyl (C=O) groups is 1. The Bertz CT molecular complexity index is 1080. The lowest BCUT2D eigenvalue weighted by Crippen LogP contribution is -2.31. The number of ether oxygens (including phenoxy) is 1. The second kappa shape index (κ2) is 11.3. The van der Waals surface area contributed by atoms with Gasteiger partial charge in [-0.05, 0) is 80.8 Å². The molecule has 0 aliphatic rings. The predicted octanol–water partition coefficient (Wildman–Crippen LogP) is 7.41. The lowest BCUT2D eigenvalue weighted by Gasteiger charge is -2.28. The van der Waals surface area contributed by atoms with Gasteiger partial charge in [0.15, 0.2) is 0 Å². The molecular weight excluding hydrogens is 490 g/mol. The first kappa shape index (κ1) is 27.7. The molecule has 2 aromatic rings. The van der Waals surface area contributed by atoms with E-state index >= 15 is 0 Å². The zero-order chi connectivity index (χ0) is 25.7. The first-order valence-electron chi connectivity index (χ1n) is 10.3. The number of nitrogens with zero attached hydrogens (tertiary/aromatic N) is 1. The molecule has 0 spiro atoms. The molecular formula is C25H26Cl2F3NO3. The Labute approximate surface area is 207 Å². The standard InChI is InChI=1S/C25H26Cl2F3NO3/c1-15-7-16(5-6-20(15)23(32)34-24(2,3)4)22(31-33)11-21(25(12-28,13-29)14-30)17-8-18(26)10-19(27)9-17/h5-11,33H,12-14H2,1-4H3/b21-11+,31-22-. The molecule has 0 atom stereocenters. The van der Waals surface area contributed by atoms with Crippen LogP contribution in [-0.4, -0.2) is 42.5 Å². The number of benzene rings is 2. The van der Waals surface area contributed by atoms with Gasteiger partial charge >= 0.3 is 5.97 Å². The molecule has 0 amide bonds. The molecule has 2 rings (SSSR count). The minimum Gasteiger partial charge on any atom is -0.456 e. The third-order valence-corrected chi connectivity index (χ3v) is 5.48. The summed E-state index contributed by atoms with van der Waals surface area (Å²) in [6.45, 7) is 2.82. The van der Waals surface area contributed by atoms with E-state index in [9.17, 15) is 23.2 Å². The van der Waals surface area contributed by atoms with Crippen molar-refractivity contribution in [2.24, 2.45) is 10.6 Å². The summed E-state index contributed by atoms with van der Waals surface area (Å²) in [5.41, 5.74) is -1.76. The van der Waals surface area contributed by atoms with Gasteiger partial charge in [-0.25, -0.2) is 18.0 Å². The number of halogens is 5. The normalized spacial score (nSPS) is 13.2. The van der Waals surface area contributed by atoms with Crippen molar-refractivity contribution in [3.05, 3.63) is 74.8 Å². The fraction of sp³-hybridized carbons (Fsp3) is 0.360. The predicted molar refractivity (Wildman–Crippen MR) is 129 cm³/mol.